The molecule has 0 saturated carbocycles. The van der Waals surface area contributed by atoms with E-state index in [4.69, 9.17) is 4.74 Å². The molecule has 130 valence electrons. The number of nitrogens with zero attached hydrogens (tertiary/aromatic N) is 1. The Balaban J connectivity index is 1.56. The van der Waals surface area contributed by atoms with Crippen LogP contribution in [0.25, 0.3) is 0 Å². The fourth-order valence-electron chi connectivity index (χ4n) is 2.81. The summed E-state index contributed by atoms with van der Waals surface area (Å²) in [6.45, 7) is 0.925. The highest BCUT2D eigenvalue weighted by Gasteiger charge is 2.27. The molecule has 1 saturated heterocycles. The number of hydrogen-bond acceptors (Lipinski definition) is 3. The average molecular weight is 342 g/mol. The quantitative estimate of drug-likeness (QED) is 0.926. The van der Waals surface area contributed by atoms with Gasteiger partial charge in [0, 0.05) is 17.8 Å². The van der Waals surface area contributed by atoms with Gasteiger partial charge >= 0.3 is 6.09 Å². The van der Waals surface area contributed by atoms with Gasteiger partial charge in [0.15, 0.2) is 0 Å². The number of rotatable bonds is 3. The maximum absolute atomic E-state index is 13.0. The number of piperidine rings is 1. The topological polar surface area (TPSA) is 58.6 Å². The Kier molecular flexibility index (Phi) is 5.28. The van der Waals surface area contributed by atoms with Crippen LogP contribution in [0, 0.1) is 5.82 Å². The molecule has 1 N–H and O–H groups in total. The van der Waals surface area contributed by atoms with Gasteiger partial charge in [-0.3, -0.25) is 10.1 Å². The number of para-hydroxylation sites is 1. The average Bonchev–Trinajstić information content (AvgIpc) is 2.63. The number of anilines is 1. The minimum atomic E-state index is -0.535. The molecule has 1 aliphatic rings. The van der Waals surface area contributed by atoms with Gasteiger partial charge in [0.25, 0.3) is 5.91 Å². The van der Waals surface area contributed by atoms with Gasteiger partial charge in [-0.2, -0.15) is 0 Å². The van der Waals surface area contributed by atoms with Crippen molar-refractivity contribution >= 4 is 17.7 Å². The van der Waals surface area contributed by atoms with Crippen LogP contribution in [-0.2, 0) is 4.74 Å². The van der Waals surface area contributed by atoms with E-state index in [1.54, 1.807) is 17.0 Å². The number of halogens is 1. The number of hydrogen-bond donors (Lipinski definition) is 1. The standard InChI is InChI=1S/C19H19FN2O3/c20-15-10-8-14(9-11-15)18(23)22-12-4-7-17(13-22)25-19(24)21-16-5-2-1-3-6-16/h1-3,5-6,8-11,17H,4,7,12-13H2,(H,21,24). The molecular formula is C19H19FN2O3. The van der Waals surface area contributed by atoms with Gasteiger partial charge in [-0.1, -0.05) is 18.2 Å². The van der Waals surface area contributed by atoms with Crippen molar-refractivity contribution in [2.24, 2.45) is 0 Å². The Labute approximate surface area is 145 Å². The predicted molar refractivity (Wildman–Crippen MR) is 91.9 cm³/mol. The molecule has 3 rings (SSSR count). The lowest BCUT2D eigenvalue weighted by Gasteiger charge is -2.32. The lowest BCUT2D eigenvalue weighted by molar-refractivity contribution is 0.0387. The largest absolute Gasteiger partial charge is 0.444 e. The van der Waals surface area contributed by atoms with Gasteiger partial charge in [-0.05, 0) is 49.2 Å². The summed E-state index contributed by atoms with van der Waals surface area (Å²) in [5.74, 6) is -0.564. The minimum Gasteiger partial charge on any atom is -0.444 e. The molecule has 0 aromatic heterocycles. The van der Waals surface area contributed by atoms with Crippen LogP contribution in [0.5, 0.6) is 0 Å². The molecule has 1 atom stereocenters. The summed E-state index contributed by atoms with van der Waals surface area (Å²) in [6, 6.07) is 14.5. The number of carbonyl (C=O) groups excluding carboxylic acids is 2. The van der Waals surface area contributed by atoms with Crippen LogP contribution >= 0.6 is 0 Å². The molecule has 25 heavy (non-hydrogen) atoms. The minimum absolute atomic E-state index is 0.184. The second-order valence-electron chi connectivity index (χ2n) is 5.92. The van der Waals surface area contributed by atoms with Crippen molar-refractivity contribution in [3.63, 3.8) is 0 Å². The molecule has 2 aromatic rings. The van der Waals surface area contributed by atoms with E-state index in [1.165, 1.54) is 24.3 Å². The van der Waals surface area contributed by atoms with Crippen molar-refractivity contribution in [2.75, 3.05) is 18.4 Å². The summed E-state index contributed by atoms with van der Waals surface area (Å²) in [4.78, 5) is 26.1. The van der Waals surface area contributed by atoms with Crippen molar-refractivity contribution < 1.29 is 18.7 Å². The second-order valence-corrected chi connectivity index (χ2v) is 5.92. The predicted octanol–water partition coefficient (Wildman–Crippen LogP) is 3.68. The summed E-state index contributed by atoms with van der Waals surface area (Å²) in [5.41, 5.74) is 1.08. The lowest BCUT2D eigenvalue weighted by atomic mass is 10.1. The first-order chi connectivity index (χ1) is 12.1. The van der Waals surface area contributed by atoms with E-state index in [2.05, 4.69) is 5.32 Å². The van der Waals surface area contributed by atoms with Gasteiger partial charge in [-0.15, -0.1) is 0 Å². The van der Waals surface area contributed by atoms with Gasteiger partial charge in [0.2, 0.25) is 0 Å². The zero-order valence-electron chi connectivity index (χ0n) is 13.7. The van der Waals surface area contributed by atoms with Crippen LogP contribution in [0.15, 0.2) is 54.6 Å². The third kappa shape index (κ3) is 4.56. The highest BCUT2D eigenvalue weighted by atomic mass is 19.1. The van der Waals surface area contributed by atoms with E-state index in [-0.39, 0.29) is 17.8 Å². The van der Waals surface area contributed by atoms with E-state index in [9.17, 15) is 14.0 Å². The van der Waals surface area contributed by atoms with Crippen molar-refractivity contribution in [3.05, 3.63) is 66.0 Å². The Bertz CT molecular complexity index is 734. The zero-order valence-corrected chi connectivity index (χ0v) is 13.7. The molecule has 2 aromatic carbocycles. The molecule has 2 amide bonds. The van der Waals surface area contributed by atoms with E-state index < -0.39 is 6.09 Å². The Morgan fingerprint density at radius 1 is 1.08 bits per heavy atom. The molecule has 0 bridgehead atoms. The van der Waals surface area contributed by atoms with E-state index in [0.717, 1.165) is 6.42 Å². The summed E-state index contributed by atoms with van der Waals surface area (Å²) in [7, 11) is 0. The number of likely N-dealkylation sites (tertiary alicyclic amines) is 1. The zero-order chi connectivity index (χ0) is 17.6. The fourth-order valence-corrected chi connectivity index (χ4v) is 2.81. The van der Waals surface area contributed by atoms with Crippen LogP contribution < -0.4 is 5.32 Å². The van der Waals surface area contributed by atoms with E-state index in [0.29, 0.717) is 30.8 Å². The van der Waals surface area contributed by atoms with Gasteiger partial charge < -0.3 is 9.64 Å². The first-order valence-corrected chi connectivity index (χ1v) is 8.19. The first-order valence-electron chi connectivity index (χ1n) is 8.19. The maximum Gasteiger partial charge on any atom is 0.411 e. The maximum atomic E-state index is 13.0. The smallest absolute Gasteiger partial charge is 0.411 e. The van der Waals surface area contributed by atoms with E-state index in [1.807, 2.05) is 18.2 Å². The third-order valence-electron chi connectivity index (χ3n) is 4.05. The second kappa shape index (κ2) is 7.79. The molecular weight excluding hydrogens is 323 g/mol. The molecule has 1 aliphatic heterocycles. The lowest BCUT2D eigenvalue weighted by Crippen LogP contribution is -2.44. The Hall–Kier alpha value is -2.89. The molecule has 6 heteroatoms. The van der Waals surface area contributed by atoms with Crippen LogP contribution in [0.1, 0.15) is 23.2 Å². The van der Waals surface area contributed by atoms with Crippen LogP contribution in [0.4, 0.5) is 14.9 Å². The van der Waals surface area contributed by atoms with Crippen molar-refractivity contribution in [2.45, 2.75) is 18.9 Å². The Morgan fingerprint density at radius 3 is 2.52 bits per heavy atom. The first kappa shape index (κ1) is 17.0. The van der Waals surface area contributed by atoms with Crippen LogP contribution in [0.2, 0.25) is 0 Å². The summed E-state index contributed by atoms with van der Waals surface area (Å²) in [6.07, 6.45) is 0.556. The van der Waals surface area contributed by atoms with Crippen LogP contribution in [0.3, 0.4) is 0 Å². The fraction of sp³-hybridized carbons (Fsp3) is 0.263. The Morgan fingerprint density at radius 2 is 1.80 bits per heavy atom. The van der Waals surface area contributed by atoms with Gasteiger partial charge in [0.1, 0.15) is 11.9 Å². The normalized spacial score (nSPS) is 17.0. The summed E-state index contributed by atoms with van der Waals surface area (Å²) >= 11 is 0. The van der Waals surface area contributed by atoms with Crippen molar-refractivity contribution in [3.8, 4) is 0 Å². The van der Waals surface area contributed by atoms with Gasteiger partial charge in [-0.25, -0.2) is 9.18 Å². The number of benzene rings is 2. The monoisotopic (exact) mass is 342 g/mol. The highest BCUT2D eigenvalue weighted by Crippen LogP contribution is 2.17. The number of nitrogens with one attached hydrogen (secondary N) is 1. The number of amides is 2. The third-order valence-corrected chi connectivity index (χ3v) is 4.05. The highest BCUT2D eigenvalue weighted by molar-refractivity contribution is 5.94. The molecule has 1 fully saturated rings. The molecule has 0 spiro atoms. The summed E-state index contributed by atoms with van der Waals surface area (Å²) in [5, 5.41) is 2.66. The molecule has 1 heterocycles. The van der Waals surface area contributed by atoms with E-state index >= 15 is 0 Å². The van der Waals surface area contributed by atoms with Gasteiger partial charge in [0.05, 0.1) is 6.54 Å². The number of ether oxygens (including phenoxy) is 1. The van der Waals surface area contributed by atoms with Crippen molar-refractivity contribution in [1.29, 1.82) is 0 Å². The summed E-state index contributed by atoms with van der Waals surface area (Å²) < 4.78 is 18.4. The number of carbonyl (C=O) groups is 2. The van der Waals surface area contributed by atoms with Crippen molar-refractivity contribution in [1.82, 2.24) is 4.90 Å². The van der Waals surface area contributed by atoms with Crippen LogP contribution in [-0.4, -0.2) is 36.1 Å². The SMILES string of the molecule is O=C(Nc1ccccc1)OC1CCCN(C(=O)c2ccc(F)cc2)C1. The molecule has 1 unspecified atom stereocenters. The molecule has 0 radical (unpaired) electrons. The molecule has 5 nitrogen and oxygen atoms in total. The molecule has 0 aliphatic carbocycles.